The van der Waals surface area contributed by atoms with E-state index in [1.807, 2.05) is 30.3 Å². The Balaban J connectivity index is 1.94. The number of fused-ring (bicyclic) bond motifs is 1. The molecule has 1 aliphatic rings. The van der Waals surface area contributed by atoms with Gasteiger partial charge in [0.2, 0.25) is 5.75 Å². The minimum absolute atomic E-state index is 0.225. The third-order valence-corrected chi connectivity index (χ3v) is 6.60. The lowest BCUT2D eigenvalue weighted by atomic mass is 9.96. The Morgan fingerprint density at radius 3 is 2.31 bits per heavy atom. The normalized spacial score (nSPS) is 15.3. The van der Waals surface area contributed by atoms with Crippen molar-refractivity contribution in [1.82, 2.24) is 4.57 Å². The van der Waals surface area contributed by atoms with E-state index < -0.39 is 12.0 Å². The zero-order valence-electron chi connectivity index (χ0n) is 20.2. The summed E-state index contributed by atoms with van der Waals surface area (Å²) in [7, 11) is 4.61. The number of benzene rings is 2. The highest BCUT2D eigenvalue weighted by Crippen LogP contribution is 2.38. The summed E-state index contributed by atoms with van der Waals surface area (Å²) in [4.78, 5) is 31.7. The Hall–Kier alpha value is -3.85. The fraction of sp³-hybridized carbons (Fsp3) is 0.269. The van der Waals surface area contributed by atoms with Gasteiger partial charge in [-0.25, -0.2) is 9.79 Å². The van der Waals surface area contributed by atoms with Crippen molar-refractivity contribution >= 4 is 23.4 Å². The van der Waals surface area contributed by atoms with Crippen LogP contribution in [-0.4, -0.2) is 38.5 Å². The summed E-state index contributed by atoms with van der Waals surface area (Å²) in [6, 6.07) is 12.3. The van der Waals surface area contributed by atoms with E-state index in [1.165, 1.54) is 32.7 Å². The predicted molar refractivity (Wildman–Crippen MR) is 133 cm³/mol. The molecule has 9 heteroatoms. The molecule has 182 valence electrons. The second-order valence-electron chi connectivity index (χ2n) is 7.67. The maximum Gasteiger partial charge on any atom is 0.338 e. The largest absolute Gasteiger partial charge is 0.493 e. The molecule has 0 spiro atoms. The van der Waals surface area contributed by atoms with Gasteiger partial charge in [0, 0.05) is 0 Å². The van der Waals surface area contributed by atoms with Crippen LogP contribution >= 0.6 is 11.3 Å². The molecule has 0 fully saturated rings. The van der Waals surface area contributed by atoms with Crippen LogP contribution in [0.1, 0.15) is 31.0 Å². The van der Waals surface area contributed by atoms with Gasteiger partial charge in [-0.2, -0.15) is 0 Å². The summed E-state index contributed by atoms with van der Waals surface area (Å²) >= 11 is 1.25. The van der Waals surface area contributed by atoms with Crippen LogP contribution < -0.4 is 29.1 Å². The first-order valence-electron chi connectivity index (χ1n) is 11.0. The van der Waals surface area contributed by atoms with E-state index in [0.717, 1.165) is 5.56 Å². The summed E-state index contributed by atoms with van der Waals surface area (Å²) in [5, 5.41) is 0. The molecule has 8 nitrogen and oxygen atoms in total. The molecule has 0 saturated carbocycles. The van der Waals surface area contributed by atoms with Crippen molar-refractivity contribution in [3.8, 4) is 17.2 Å². The van der Waals surface area contributed by atoms with Gasteiger partial charge < -0.3 is 18.9 Å². The number of aromatic nitrogens is 1. The van der Waals surface area contributed by atoms with Gasteiger partial charge in [0.25, 0.3) is 5.56 Å². The van der Waals surface area contributed by atoms with E-state index in [9.17, 15) is 9.59 Å². The minimum atomic E-state index is -0.645. The first-order chi connectivity index (χ1) is 16.9. The quantitative estimate of drug-likeness (QED) is 0.470. The van der Waals surface area contributed by atoms with E-state index in [-0.39, 0.29) is 12.2 Å². The van der Waals surface area contributed by atoms with Gasteiger partial charge >= 0.3 is 5.97 Å². The topological polar surface area (TPSA) is 88.4 Å². The first-order valence-corrected chi connectivity index (χ1v) is 11.8. The van der Waals surface area contributed by atoms with Crippen molar-refractivity contribution in [3.05, 3.63) is 84.5 Å². The Bertz CT molecular complexity index is 1440. The molecule has 35 heavy (non-hydrogen) atoms. The monoisotopic (exact) mass is 494 g/mol. The molecule has 1 atom stereocenters. The van der Waals surface area contributed by atoms with Gasteiger partial charge in [0.15, 0.2) is 16.3 Å². The molecular weight excluding hydrogens is 468 g/mol. The van der Waals surface area contributed by atoms with Crippen molar-refractivity contribution in [2.24, 2.45) is 4.99 Å². The number of hydrogen-bond acceptors (Lipinski definition) is 8. The van der Waals surface area contributed by atoms with Crippen LogP contribution in [0, 0.1) is 0 Å². The molecule has 4 rings (SSSR count). The molecule has 2 aromatic carbocycles. The van der Waals surface area contributed by atoms with Gasteiger partial charge in [-0.15, -0.1) is 0 Å². The summed E-state index contributed by atoms with van der Waals surface area (Å²) in [6.07, 6.45) is 1.75. The van der Waals surface area contributed by atoms with Crippen LogP contribution in [0.15, 0.2) is 63.5 Å². The van der Waals surface area contributed by atoms with Crippen molar-refractivity contribution in [2.45, 2.75) is 19.9 Å². The fourth-order valence-electron chi connectivity index (χ4n) is 4.08. The maximum absolute atomic E-state index is 13.7. The standard InChI is InChI=1S/C26H26N2O6S/c1-6-34-25(30)21-15(2)27-26-28(22(21)17-10-8-7-9-11-17)24(29)20(35-26)14-16-12-18(31-3)23(33-5)19(13-16)32-4/h7-14,22H,6H2,1-5H3/b20-14-/t22-/m0/s1. The lowest BCUT2D eigenvalue weighted by Gasteiger charge is -2.24. The van der Waals surface area contributed by atoms with Crippen molar-refractivity contribution < 1.29 is 23.7 Å². The van der Waals surface area contributed by atoms with E-state index in [1.54, 1.807) is 36.6 Å². The summed E-state index contributed by atoms with van der Waals surface area (Å²) in [6.45, 7) is 3.74. The van der Waals surface area contributed by atoms with Crippen LogP contribution in [-0.2, 0) is 9.53 Å². The third kappa shape index (κ3) is 4.46. The second kappa shape index (κ2) is 10.2. The van der Waals surface area contributed by atoms with E-state index in [4.69, 9.17) is 18.9 Å². The number of ether oxygens (including phenoxy) is 4. The highest BCUT2D eigenvalue weighted by atomic mass is 32.1. The third-order valence-electron chi connectivity index (χ3n) is 5.62. The number of methoxy groups -OCH3 is 3. The molecule has 0 amide bonds. The van der Waals surface area contributed by atoms with E-state index in [0.29, 0.717) is 43.4 Å². The number of thiazole rings is 1. The number of allylic oxidation sites excluding steroid dienone is 1. The molecule has 1 aliphatic heterocycles. The summed E-state index contributed by atoms with van der Waals surface area (Å²) < 4.78 is 23.6. The number of carbonyl (C=O) groups excluding carboxylic acids is 1. The van der Waals surface area contributed by atoms with Crippen LogP contribution in [0.2, 0.25) is 0 Å². The number of rotatable bonds is 7. The summed E-state index contributed by atoms with van der Waals surface area (Å²) in [5.41, 5.74) is 2.11. The molecular formula is C26H26N2O6S. The lowest BCUT2D eigenvalue weighted by molar-refractivity contribution is -0.139. The number of esters is 1. The van der Waals surface area contributed by atoms with Crippen molar-refractivity contribution in [2.75, 3.05) is 27.9 Å². The highest BCUT2D eigenvalue weighted by Gasteiger charge is 2.33. The maximum atomic E-state index is 13.7. The first kappa shape index (κ1) is 24.3. The highest BCUT2D eigenvalue weighted by molar-refractivity contribution is 7.07. The molecule has 2 heterocycles. The van der Waals surface area contributed by atoms with Gasteiger partial charge in [-0.3, -0.25) is 9.36 Å². The van der Waals surface area contributed by atoms with Gasteiger partial charge in [-0.1, -0.05) is 41.7 Å². The lowest BCUT2D eigenvalue weighted by Crippen LogP contribution is -2.39. The Kier molecular flexibility index (Phi) is 7.07. The Morgan fingerprint density at radius 2 is 1.74 bits per heavy atom. The number of hydrogen-bond donors (Lipinski definition) is 0. The minimum Gasteiger partial charge on any atom is -0.493 e. The molecule has 0 radical (unpaired) electrons. The SMILES string of the molecule is CCOC(=O)C1=C(C)N=c2s/c(=C\c3cc(OC)c(OC)c(OC)c3)c(=O)n2[C@H]1c1ccccc1. The van der Waals surface area contributed by atoms with Crippen LogP contribution in [0.25, 0.3) is 6.08 Å². The number of carbonyl (C=O) groups is 1. The second-order valence-corrected chi connectivity index (χ2v) is 8.68. The van der Waals surface area contributed by atoms with Gasteiger partial charge in [-0.05, 0) is 43.2 Å². The zero-order chi connectivity index (χ0) is 25.1. The molecule has 1 aromatic heterocycles. The molecule has 0 N–H and O–H groups in total. The molecule has 0 unspecified atom stereocenters. The molecule has 0 aliphatic carbocycles. The van der Waals surface area contributed by atoms with Crippen LogP contribution in [0.5, 0.6) is 17.2 Å². The Labute approximate surface area is 206 Å². The number of nitrogens with zero attached hydrogens (tertiary/aromatic N) is 2. The van der Waals surface area contributed by atoms with E-state index >= 15 is 0 Å². The summed E-state index contributed by atoms with van der Waals surface area (Å²) in [5.74, 6) is 0.941. The van der Waals surface area contributed by atoms with E-state index in [2.05, 4.69) is 4.99 Å². The van der Waals surface area contributed by atoms with Gasteiger partial charge in [0.05, 0.1) is 49.8 Å². The molecule has 0 saturated heterocycles. The van der Waals surface area contributed by atoms with Crippen molar-refractivity contribution in [1.29, 1.82) is 0 Å². The molecule has 0 bridgehead atoms. The zero-order valence-corrected chi connectivity index (χ0v) is 21.0. The van der Waals surface area contributed by atoms with Crippen molar-refractivity contribution in [3.63, 3.8) is 0 Å². The van der Waals surface area contributed by atoms with Crippen LogP contribution in [0.3, 0.4) is 0 Å². The fourth-order valence-corrected chi connectivity index (χ4v) is 5.12. The van der Waals surface area contributed by atoms with Gasteiger partial charge in [0.1, 0.15) is 0 Å². The van der Waals surface area contributed by atoms with Crippen LogP contribution in [0.4, 0.5) is 0 Å². The average Bonchev–Trinajstić information content (AvgIpc) is 3.17. The average molecular weight is 495 g/mol. The molecule has 3 aromatic rings. The smallest absolute Gasteiger partial charge is 0.338 e. The Morgan fingerprint density at radius 1 is 1.09 bits per heavy atom. The predicted octanol–water partition coefficient (Wildman–Crippen LogP) is 2.82.